The average molecular weight is 202 g/mol. The van der Waals surface area contributed by atoms with Gasteiger partial charge in [0.25, 0.3) is 0 Å². The van der Waals surface area contributed by atoms with Gasteiger partial charge in [0.05, 0.1) is 0 Å². The van der Waals surface area contributed by atoms with E-state index in [2.05, 4.69) is 0 Å². The molecule has 0 aliphatic carbocycles. The molecule has 1 nitrogen and oxygen atoms in total. The first-order chi connectivity index (χ1) is 6.11. The van der Waals surface area contributed by atoms with E-state index in [0.29, 0.717) is 4.90 Å². The fraction of sp³-hybridized carbons (Fsp3) is 0.222. The molecular weight excluding hydrogens is 194 g/mol. The van der Waals surface area contributed by atoms with Gasteiger partial charge in [-0.25, -0.2) is 0 Å². The van der Waals surface area contributed by atoms with Crippen LogP contribution < -0.4 is 0 Å². The number of alkyl halides is 2. The fourth-order valence-electron chi connectivity index (χ4n) is 0.983. The molecule has 0 amide bonds. The lowest BCUT2D eigenvalue weighted by Crippen LogP contribution is -2.15. The zero-order chi connectivity index (χ0) is 9.90. The van der Waals surface area contributed by atoms with Crippen molar-refractivity contribution in [1.29, 1.82) is 0 Å². The van der Waals surface area contributed by atoms with Crippen LogP contribution in [0, 0.1) is 0 Å². The van der Waals surface area contributed by atoms with Crippen LogP contribution in [0.25, 0.3) is 0 Å². The molecule has 0 atom stereocenters. The summed E-state index contributed by atoms with van der Waals surface area (Å²) in [4.78, 5) is 10.6. The highest BCUT2D eigenvalue weighted by atomic mass is 32.2. The van der Waals surface area contributed by atoms with E-state index in [-0.39, 0.29) is 11.8 Å². The summed E-state index contributed by atoms with van der Waals surface area (Å²) >= 11 is 1.20. The van der Waals surface area contributed by atoms with Crippen molar-refractivity contribution in [3.05, 3.63) is 29.8 Å². The number of thioether (sulfide) groups is 1. The van der Waals surface area contributed by atoms with Gasteiger partial charge in [0.2, 0.25) is 0 Å². The molecule has 13 heavy (non-hydrogen) atoms. The topological polar surface area (TPSA) is 17.1 Å². The maximum absolute atomic E-state index is 13.0. The third-order valence-electron chi connectivity index (χ3n) is 1.61. The number of carbonyl (C=O) groups is 1. The molecule has 70 valence electrons. The minimum absolute atomic E-state index is 0.225. The number of hydrogen-bond acceptors (Lipinski definition) is 2. The van der Waals surface area contributed by atoms with E-state index in [1.165, 1.54) is 23.9 Å². The van der Waals surface area contributed by atoms with Gasteiger partial charge in [0.15, 0.2) is 6.29 Å². The van der Waals surface area contributed by atoms with Gasteiger partial charge in [0.1, 0.15) is 0 Å². The van der Waals surface area contributed by atoms with Crippen LogP contribution in [0.15, 0.2) is 29.2 Å². The van der Waals surface area contributed by atoms with E-state index in [9.17, 15) is 13.6 Å². The molecule has 0 radical (unpaired) electrons. The van der Waals surface area contributed by atoms with Gasteiger partial charge in [-0.3, -0.25) is 4.79 Å². The molecule has 0 aliphatic heterocycles. The Kier molecular flexibility index (Phi) is 3.03. The second-order valence-corrected chi connectivity index (χ2v) is 3.29. The molecule has 0 bridgehead atoms. The maximum atomic E-state index is 13.0. The van der Waals surface area contributed by atoms with E-state index in [4.69, 9.17) is 0 Å². The van der Waals surface area contributed by atoms with Crippen LogP contribution in [0.2, 0.25) is 0 Å². The first-order valence-corrected chi connectivity index (χ1v) is 4.82. The molecule has 0 aliphatic rings. The molecule has 0 heterocycles. The second kappa shape index (κ2) is 3.87. The smallest absolute Gasteiger partial charge is 0.296 e. The lowest BCUT2D eigenvalue weighted by molar-refractivity contribution is -0.130. The number of aldehydes is 1. The van der Waals surface area contributed by atoms with Crippen molar-refractivity contribution in [2.24, 2.45) is 0 Å². The van der Waals surface area contributed by atoms with Crippen molar-refractivity contribution >= 4 is 18.0 Å². The number of halogens is 2. The van der Waals surface area contributed by atoms with E-state index < -0.39 is 5.92 Å². The van der Waals surface area contributed by atoms with Crippen molar-refractivity contribution in [3.8, 4) is 0 Å². The van der Waals surface area contributed by atoms with Crippen molar-refractivity contribution in [2.75, 3.05) is 6.26 Å². The van der Waals surface area contributed by atoms with E-state index >= 15 is 0 Å². The summed E-state index contributed by atoms with van der Waals surface area (Å²) in [5, 5.41) is 0. The molecule has 1 rings (SSSR count). The van der Waals surface area contributed by atoms with Crippen molar-refractivity contribution < 1.29 is 13.6 Å². The predicted molar refractivity (Wildman–Crippen MR) is 48.2 cm³/mol. The third-order valence-corrected chi connectivity index (χ3v) is 2.41. The van der Waals surface area contributed by atoms with Gasteiger partial charge < -0.3 is 0 Å². The summed E-state index contributed by atoms with van der Waals surface area (Å²) in [7, 11) is 0. The largest absolute Gasteiger partial charge is 0.328 e. The zero-order valence-corrected chi connectivity index (χ0v) is 7.78. The van der Waals surface area contributed by atoms with Crippen molar-refractivity contribution in [3.63, 3.8) is 0 Å². The number of carbonyl (C=O) groups excluding carboxylic acids is 1. The Balaban J connectivity index is 3.20. The summed E-state index contributed by atoms with van der Waals surface area (Å²) in [6, 6.07) is 5.99. The Morgan fingerprint density at radius 1 is 1.38 bits per heavy atom. The van der Waals surface area contributed by atoms with Crippen LogP contribution in [0.1, 0.15) is 5.56 Å². The first kappa shape index (κ1) is 10.2. The normalized spacial score (nSPS) is 11.3. The maximum Gasteiger partial charge on any atom is 0.328 e. The minimum Gasteiger partial charge on any atom is -0.296 e. The Bertz CT molecular complexity index is 312. The zero-order valence-electron chi connectivity index (χ0n) is 6.96. The molecule has 0 unspecified atom stereocenters. The molecule has 0 spiro atoms. The summed E-state index contributed by atoms with van der Waals surface area (Å²) in [6.07, 6.45) is 1.36. The fourth-order valence-corrected chi connectivity index (χ4v) is 1.62. The van der Waals surface area contributed by atoms with Crippen LogP contribution in [0.4, 0.5) is 8.78 Å². The quantitative estimate of drug-likeness (QED) is 0.553. The van der Waals surface area contributed by atoms with Crippen LogP contribution >= 0.6 is 11.8 Å². The molecule has 1 aromatic rings. The summed E-state index contributed by atoms with van der Waals surface area (Å²) in [5.41, 5.74) is -0.225. The molecule has 4 heteroatoms. The summed E-state index contributed by atoms with van der Waals surface area (Å²) in [6.45, 7) is 0. The molecule has 1 aromatic carbocycles. The van der Waals surface area contributed by atoms with E-state index in [1.54, 1.807) is 18.4 Å². The Labute approximate surface area is 79.1 Å². The molecular formula is C9H8F2OS. The Hall–Kier alpha value is -0.900. The van der Waals surface area contributed by atoms with Crippen LogP contribution in [-0.2, 0) is 10.7 Å². The molecule has 0 N–H and O–H groups in total. The van der Waals surface area contributed by atoms with Gasteiger partial charge >= 0.3 is 5.92 Å². The van der Waals surface area contributed by atoms with Gasteiger partial charge in [0, 0.05) is 10.5 Å². The van der Waals surface area contributed by atoms with Gasteiger partial charge in [-0.05, 0) is 12.3 Å². The average Bonchev–Trinajstić information content (AvgIpc) is 2.18. The Morgan fingerprint density at radius 3 is 2.54 bits per heavy atom. The first-order valence-electron chi connectivity index (χ1n) is 3.59. The Morgan fingerprint density at radius 2 is 2.00 bits per heavy atom. The van der Waals surface area contributed by atoms with E-state index in [1.807, 2.05) is 0 Å². The van der Waals surface area contributed by atoms with Crippen LogP contribution in [0.3, 0.4) is 0 Å². The molecule has 0 saturated heterocycles. The molecule has 0 fully saturated rings. The highest BCUT2D eigenvalue weighted by Gasteiger charge is 2.32. The lowest BCUT2D eigenvalue weighted by atomic mass is 10.1. The van der Waals surface area contributed by atoms with Crippen LogP contribution in [0.5, 0.6) is 0 Å². The highest BCUT2D eigenvalue weighted by molar-refractivity contribution is 7.98. The molecule has 0 saturated carbocycles. The number of hydrogen-bond donors (Lipinski definition) is 0. The van der Waals surface area contributed by atoms with Gasteiger partial charge in [-0.1, -0.05) is 18.2 Å². The minimum atomic E-state index is -3.38. The number of rotatable bonds is 3. The van der Waals surface area contributed by atoms with Crippen LogP contribution in [-0.4, -0.2) is 12.5 Å². The predicted octanol–water partition coefficient (Wildman–Crippen LogP) is 2.70. The number of benzene rings is 1. The third kappa shape index (κ3) is 2.06. The molecule has 0 aromatic heterocycles. The standard InChI is InChI=1S/C9H8F2OS/c1-13-8-5-3-2-4-7(8)9(10,11)6-12/h2-6H,1H3. The SMILES string of the molecule is CSc1ccccc1C(F)(F)C=O. The second-order valence-electron chi connectivity index (χ2n) is 2.44. The monoisotopic (exact) mass is 202 g/mol. The van der Waals surface area contributed by atoms with Gasteiger partial charge in [-0.15, -0.1) is 11.8 Å². The van der Waals surface area contributed by atoms with Gasteiger partial charge in [-0.2, -0.15) is 8.78 Å². The van der Waals surface area contributed by atoms with Crippen molar-refractivity contribution in [1.82, 2.24) is 0 Å². The lowest BCUT2D eigenvalue weighted by Gasteiger charge is -2.12. The van der Waals surface area contributed by atoms with Crippen molar-refractivity contribution in [2.45, 2.75) is 10.8 Å². The van der Waals surface area contributed by atoms with E-state index in [0.717, 1.165) is 0 Å². The summed E-state index contributed by atoms with van der Waals surface area (Å²) in [5.74, 6) is -3.38. The summed E-state index contributed by atoms with van der Waals surface area (Å²) < 4.78 is 25.9. The highest BCUT2D eigenvalue weighted by Crippen LogP contribution is 2.32.